The van der Waals surface area contributed by atoms with Gasteiger partial charge in [-0.3, -0.25) is 14.9 Å². The molecule has 0 fully saturated rings. The van der Waals surface area contributed by atoms with Crippen LogP contribution in [0.15, 0.2) is 38.0 Å². The summed E-state index contributed by atoms with van der Waals surface area (Å²) in [4.78, 5) is 24.0. The molecule has 19 heavy (non-hydrogen) atoms. The predicted molar refractivity (Wildman–Crippen MR) is 74.2 cm³/mol. The summed E-state index contributed by atoms with van der Waals surface area (Å²) in [6, 6.07) is 0. The molecule has 0 aliphatic carbocycles. The summed E-state index contributed by atoms with van der Waals surface area (Å²) in [6.45, 7) is 11.7. The summed E-state index contributed by atoms with van der Waals surface area (Å²) in [5, 5.41) is 14.6. The van der Waals surface area contributed by atoms with E-state index in [0.29, 0.717) is 26.2 Å². The molecule has 6 nitrogen and oxygen atoms in total. The standard InChI is InChI=1S/C13H21N3O3/c1-4-11(17)14-7-9-16(13(19)6-3)10-8-15-12(18)5-2/h4-6,11,14,17H,1-3,7-10H2,(H,15,18). The molecule has 1 atom stereocenters. The Hall–Kier alpha value is -1.92. The minimum atomic E-state index is -0.804. The first-order valence-corrected chi connectivity index (χ1v) is 5.90. The quantitative estimate of drug-likeness (QED) is 0.280. The number of hydrogen-bond acceptors (Lipinski definition) is 4. The zero-order chi connectivity index (χ0) is 14.7. The van der Waals surface area contributed by atoms with E-state index in [1.807, 2.05) is 0 Å². The number of aliphatic hydroxyl groups excluding tert-OH is 1. The van der Waals surface area contributed by atoms with Crippen molar-refractivity contribution in [3.8, 4) is 0 Å². The minimum Gasteiger partial charge on any atom is -0.375 e. The second-order valence-electron chi connectivity index (χ2n) is 3.66. The van der Waals surface area contributed by atoms with Gasteiger partial charge in [0, 0.05) is 26.2 Å². The summed E-state index contributed by atoms with van der Waals surface area (Å²) in [5.41, 5.74) is 0. The summed E-state index contributed by atoms with van der Waals surface area (Å²) < 4.78 is 0. The molecule has 0 aliphatic rings. The maximum Gasteiger partial charge on any atom is 0.246 e. The molecule has 0 bridgehead atoms. The van der Waals surface area contributed by atoms with Crippen molar-refractivity contribution >= 4 is 11.8 Å². The Labute approximate surface area is 113 Å². The lowest BCUT2D eigenvalue weighted by atomic mass is 10.4. The van der Waals surface area contributed by atoms with Crippen molar-refractivity contribution in [3.63, 3.8) is 0 Å². The van der Waals surface area contributed by atoms with E-state index in [-0.39, 0.29) is 11.8 Å². The van der Waals surface area contributed by atoms with Crippen LogP contribution in [-0.4, -0.2) is 54.2 Å². The van der Waals surface area contributed by atoms with Crippen LogP contribution in [0, 0.1) is 0 Å². The molecule has 0 aromatic rings. The van der Waals surface area contributed by atoms with E-state index in [4.69, 9.17) is 0 Å². The van der Waals surface area contributed by atoms with Crippen LogP contribution in [0.3, 0.4) is 0 Å². The molecule has 0 aliphatic heterocycles. The molecule has 1 unspecified atom stereocenters. The Morgan fingerprint density at radius 3 is 2.32 bits per heavy atom. The molecule has 0 spiro atoms. The van der Waals surface area contributed by atoms with Gasteiger partial charge in [-0.2, -0.15) is 0 Å². The lowest BCUT2D eigenvalue weighted by molar-refractivity contribution is -0.126. The fraction of sp³-hybridized carbons (Fsp3) is 0.385. The summed E-state index contributed by atoms with van der Waals surface area (Å²) >= 11 is 0. The smallest absolute Gasteiger partial charge is 0.246 e. The largest absolute Gasteiger partial charge is 0.375 e. The van der Waals surface area contributed by atoms with Crippen molar-refractivity contribution < 1.29 is 14.7 Å². The molecule has 6 heteroatoms. The van der Waals surface area contributed by atoms with Gasteiger partial charge in [-0.1, -0.05) is 19.7 Å². The van der Waals surface area contributed by atoms with Crippen molar-refractivity contribution in [3.05, 3.63) is 38.0 Å². The second kappa shape index (κ2) is 10.0. The van der Waals surface area contributed by atoms with Gasteiger partial charge in [0.1, 0.15) is 6.23 Å². The van der Waals surface area contributed by atoms with E-state index in [1.54, 1.807) is 0 Å². The van der Waals surface area contributed by atoms with Crippen LogP contribution in [0.1, 0.15) is 0 Å². The normalized spacial score (nSPS) is 11.2. The summed E-state index contributed by atoms with van der Waals surface area (Å²) in [5.74, 6) is -0.519. The van der Waals surface area contributed by atoms with E-state index in [1.165, 1.54) is 23.1 Å². The summed E-state index contributed by atoms with van der Waals surface area (Å²) in [7, 11) is 0. The third-order valence-corrected chi connectivity index (χ3v) is 2.31. The number of rotatable bonds is 10. The van der Waals surface area contributed by atoms with E-state index in [9.17, 15) is 14.7 Å². The van der Waals surface area contributed by atoms with E-state index >= 15 is 0 Å². The molecular weight excluding hydrogens is 246 g/mol. The molecule has 0 heterocycles. The first-order valence-electron chi connectivity index (χ1n) is 5.90. The molecule has 0 saturated carbocycles. The number of nitrogens with one attached hydrogen (secondary N) is 2. The Balaban J connectivity index is 4.12. The molecular formula is C13H21N3O3. The van der Waals surface area contributed by atoms with Crippen LogP contribution in [-0.2, 0) is 9.59 Å². The van der Waals surface area contributed by atoms with Crippen LogP contribution in [0.4, 0.5) is 0 Å². The average Bonchev–Trinajstić information content (AvgIpc) is 2.44. The van der Waals surface area contributed by atoms with Gasteiger partial charge >= 0.3 is 0 Å². The van der Waals surface area contributed by atoms with Gasteiger partial charge in [0.25, 0.3) is 0 Å². The fourth-order valence-electron chi connectivity index (χ4n) is 1.28. The number of carbonyl (C=O) groups is 2. The monoisotopic (exact) mass is 267 g/mol. The first kappa shape index (κ1) is 17.1. The molecule has 3 N–H and O–H groups in total. The number of amides is 2. The molecule has 0 aromatic carbocycles. The highest BCUT2D eigenvalue weighted by molar-refractivity contribution is 5.88. The van der Waals surface area contributed by atoms with Gasteiger partial charge in [0.05, 0.1) is 0 Å². The highest BCUT2D eigenvalue weighted by Crippen LogP contribution is 1.90. The molecule has 106 valence electrons. The highest BCUT2D eigenvalue weighted by Gasteiger charge is 2.10. The molecule has 2 amide bonds. The molecule has 0 aromatic heterocycles. The fourth-order valence-corrected chi connectivity index (χ4v) is 1.28. The Morgan fingerprint density at radius 1 is 1.16 bits per heavy atom. The highest BCUT2D eigenvalue weighted by atomic mass is 16.3. The number of nitrogens with zero attached hydrogens (tertiary/aromatic N) is 1. The maximum atomic E-state index is 11.6. The third-order valence-electron chi connectivity index (χ3n) is 2.31. The van der Waals surface area contributed by atoms with E-state index < -0.39 is 6.23 Å². The van der Waals surface area contributed by atoms with Crippen molar-refractivity contribution in [2.24, 2.45) is 0 Å². The maximum absolute atomic E-state index is 11.6. The zero-order valence-corrected chi connectivity index (χ0v) is 11.0. The van der Waals surface area contributed by atoms with Crippen molar-refractivity contribution in [1.29, 1.82) is 0 Å². The third kappa shape index (κ3) is 7.91. The van der Waals surface area contributed by atoms with Crippen LogP contribution >= 0.6 is 0 Å². The Bertz CT molecular complexity index is 342. The van der Waals surface area contributed by atoms with Crippen LogP contribution in [0.25, 0.3) is 0 Å². The van der Waals surface area contributed by atoms with Gasteiger partial charge in [-0.05, 0) is 18.2 Å². The SMILES string of the molecule is C=CC(=O)NCCN(CCNC(O)C=C)C(=O)C=C. The summed E-state index contributed by atoms with van der Waals surface area (Å²) in [6.07, 6.45) is 2.92. The molecule has 0 rings (SSSR count). The van der Waals surface area contributed by atoms with E-state index in [2.05, 4.69) is 30.4 Å². The van der Waals surface area contributed by atoms with E-state index in [0.717, 1.165) is 0 Å². The van der Waals surface area contributed by atoms with Crippen molar-refractivity contribution in [2.75, 3.05) is 26.2 Å². The van der Waals surface area contributed by atoms with Crippen molar-refractivity contribution in [2.45, 2.75) is 6.23 Å². The topological polar surface area (TPSA) is 81.7 Å². The number of aliphatic hydroxyl groups is 1. The lowest BCUT2D eigenvalue weighted by Gasteiger charge is -2.22. The number of carbonyl (C=O) groups excluding carboxylic acids is 2. The average molecular weight is 267 g/mol. The molecule has 0 saturated heterocycles. The lowest BCUT2D eigenvalue weighted by Crippen LogP contribution is -2.42. The number of hydrogen-bond donors (Lipinski definition) is 3. The predicted octanol–water partition coefficient (Wildman–Crippen LogP) is -0.603. The van der Waals surface area contributed by atoms with Crippen LogP contribution in [0.5, 0.6) is 0 Å². The van der Waals surface area contributed by atoms with Gasteiger partial charge in [0.2, 0.25) is 11.8 Å². The Morgan fingerprint density at radius 2 is 1.79 bits per heavy atom. The van der Waals surface area contributed by atoms with Gasteiger partial charge in [0.15, 0.2) is 0 Å². The molecule has 0 radical (unpaired) electrons. The van der Waals surface area contributed by atoms with Crippen LogP contribution in [0.2, 0.25) is 0 Å². The first-order chi connectivity index (χ1) is 9.04. The van der Waals surface area contributed by atoms with Gasteiger partial charge in [-0.15, -0.1) is 0 Å². The Kier molecular flexibility index (Phi) is 9.03. The minimum absolute atomic E-state index is 0.234. The van der Waals surface area contributed by atoms with Gasteiger partial charge in [-0.25, -0.2) is 0 Å². The zero-order valence-electron chi connectivity index (χ0n) is 11.0. The van der Waals surface area contributed by atoms with Crippen molar-refractivity contribution in [1.82, 2.24) is 15.5 Å². The van der Waals surface area contributed by atoms with Gasteiger partial charge < -0.3 is 15.3 Å². The van der Waals surface area contributed by atoms with Crippen LogP contribution < -0.4 is 10.6 Å². The second-order valence-corrected chi connectivity index (χ2v) is 3.66.